The monoisotopic (exact) mass is 209 g/mol. The van der Waals surface area contributed by atoms with Gasteiger partial charge in [-0.1, -0.05) is 18.2 Å². The van der Waals surface area contributed by atoms with Gasteiger partial charge in [0.15, 0.2) is 0 Å². The van der Waals surface area contributed by atoms with Gasteiger partial charge in [-0.3, -0.25) is 9.59 Å². The van der Waals surface area contributed by atoms with E-state index in [2.05, 4.69) is 12.6 Å². The van der Waals surface area contributed by atoms with Gasteiger partial charge in [-0.05, 0) is 12.1 Å². The number of rotatable bonds is 3. The summed E-state index contributed by atoms with van der Waals surface area (Å²) in [5.74, 6) is -0.173. The van der Waals surface area contributed by atoms with Gasteiger partial charge in [-0.15, -0.1) is 12.6 Å². The molecule has 1 aromatic rings. The molecule has 0 atom stereocenters. The van der Waals surface area contributed by atoms with E-state index in [4.69, 9.17) is 0 Å². The Kier molecular flexibility index (Phi) is 3.71. The van der Waals surface area contributed by atoms with E-state index >= 15 is 0 Å². The van der Waals surface area contributed by atoms with Crippen LogP contribution in [0.1, 0.15) is 10.4 Å². The fourth-order valence-electron chi connectivity index (χ4n) is 1.08. The Morgan fingerprint density at radius 3 is 2.36 bits per heavy atom. The quantitative estimate of drug-likeness (QED) is 0.760. The van der Waals surface area contributed by atoms with Crippen LogP contribution in [0.25, 0.3) is 0 Å². The minimum absolute atomic E-state index is 0.0246. The number of thiol groups is 1. The predicted octanol–water partition coefficient (Wildman–Crippen LogP) is 1.21. The van der Waals surface area contributed by atoms with Crippen molar-refractivity contribution < 1.29 is 9.59 Å². The number of hydrogen-bond donors (Lipinski definition) is 1. The van der Waals surface area contributed by atoms with E-state index in [0.717, 1.165) is 0 Å². The van der Waals surface area contributed by atoms with Gasteiger partial charge in [0, 0.05) is 12.6 Å². The Labute approximate surface area is 88.1 Å². The molecule has 0 aliphatic rings. The van der Waals surface area contributed by atoms with Gasteiger partial charge in [0.05, 0.1) is 6.54 Å². The number of hydrogen-bond acceptors (Lipinski definition) is 2. The van der Waals surface area contributed by atoms with Crippen LogP contribution < -0.4 is 0 Å². The zero-order valence-corrected chi connectivity index (χ0v) is 8.70. The van der Waals surface area contributed by atoms with E-state index in [1.807, 2.05) is 6.07 Å². The molecule has 0 saturated carbocycles. The van der Waals surface area contributed by atoms with Crippen molar-refractivity contribution in [2.75, 3.05) is 13.6 Å². The van der Waals surface area contributed by atoms with Gasteiger partial charge >= 0.3 is 0 Å². The first kappa shape index (κ1) is 10.8. The third kappa shape index (κ3) is 2.88. The van der Waals surface area contributed by atoms with Crippen molar-refractivity contribution in [3.8, 4) is 0 Å². The van der Waals surface area contributed by atoms with Gasteiger partial charge in [0.25, 0.3) is 5.91 Å². The van der Waals surface area contributed by atoms with E-state index in [1.165, 1.54) is 4.90 Å². The summed E-state index contributed by atoms with van der Waals surface area (Å²) in [7, 11) is 1.57. The number of carbonyl (C=O) groups excluding carboxylic acids is 2. The smallest absolute Gasteiger partial charge is 0.254 e. The third-order valence-electron chi connectivity index (χ3n) is 1.74. The highest BCUT2D eigenvalue weighted by Crippen LogP contribution is 2.02. The van der Waals surface area contributed by atoms with E-state index in [9.17, 15) is 9.59 Å². The highest BCUT2D eigenvalue weighted by Gasteiger charge is 2.12. The minimum Gasteiger partial charge on any atom is -0.333 e. The molecule has 0 fully saturated rings. The molecule has 0 unspecified atom stereocenters. The van der Waals surface area contributed by atoms with Crippen LogP contribution in [0.5, 0.6) is 0 Å². The molecule has 3 nitrogen and oxygen atoms in total. The van der Waals surface area contributed by atoms with Crippen molar-refractivity contribution in [2.24, 2.45) is 0 Å². The topological polar surface area (TPSA) is 37.4 Å². The Bertz CT molecular complexity index is 337. The molecule has 0 aliphatic carbocycles. The maximum atomic E-state index is 11.6. The zero-order valence-electron chi connectivity index (χ0n) is 7.80. The molecular formula is C10H11NO2S. The third-order valence-corrected chi connectivity index (χ3v) is 1.88. The summed E-state index contributed by atoms with van der Waals surface area (Å²) in [6.07, 6.45) is 0. The van der Waals surface area contributed by atoms with Crippen molar-refractivity contribution in [3.05, 3.63) is 35.9 Å². The number of nitrogens with zero attached hydrogens (tertiary/aromatic N) is 1. The molecule has 0 heterocycles. The molecule has 0 spiro atoms. The lowest BCUT2D eigenvalue weighted by atomic mass is 10.2. The number of amides is 1. The van der Waals surface area contributed by atoms with Crippen LogP contribution in [0.2, 0.25) is 0 Å². The first-order valence-corrected chi connectivity index (χ1v) is 4.58. The second-order valence-electron chi connectivity index (χ2n) is 2.92. The van der Waals surface area contributed by atoms with Crippen LogP contribution in [-0.4, -0.2) is 29.5 Å². The van der Waals surface area contributed by atoms with E-state index < -0.39 is 0 Å². The molecule has 4 heteroatoms. The molecule has 1 amide bonds. The van der Waals surface area contributed by atoms with Crippen LogP contribution in [0.15, 0.2) is 30.3 Å². The minimum atomic E-state index is -0.322. The summed E-state index contributed by atoms with van der Waals surface area (Å²) < 4.78 is 0. The summed E-state index contributed by atoms with van der Waals surface area (Å²) in [6.45, 7) is 0.0246. The first-order valence-electron chi connectivity index (χ1n) is 4.13. The van der Waals surface area contributed by atoms with Crippen LogP contribution in [0, 0.1) is 0 Å². The number of carbonyl (C=O) groups is 2. The summed E-state index contributed by atoms with van der Waals surface area (Å²) >= 11 is 3.61. The molecule has 0 aliphatic heterocycles. The summed E-state index contributed by atoms with van der Waals surface area (Å²) in [4.78, 5) is 23.6. The van der Waals surface area contributed by atoms with Gasteiger partial charge in [-0.2, -0.15) is 0 Å². The predicted molar refractivity (Wildman–Crippen MR) is 57.4 cm³/mol. The lowest BCUT2D eigenvalue weighted by molar-refractivity contribution is -0.111. The van der Waals surface area contributed by atoms with Crippen LogP contribution in [-0.2, 0) is 4.79 Å². The van der Waals surface area contributed by atoms with Crippen LogP contribution in [0.3, 0.4) is 0 Å². The second kappa shape index (κ2) is 4.81. The molecule has 1 rings (SSSR count). The van der Waals surface area contributed by atoms with Gasteiger partial charge in [0.1, 0.15) is 0 Å². The highest BCUT2D eigenvalue weighted by molar-refractivity contribution is 7.96. The molecular weight excluding hydrogens is 198 g/mol. The SMILES string of the molecule is CN(CC(=O)S)C(=O)c1ccccc1. The largest absolute Gasteiger partial charge is 0.333 e. The van der Waals surface area contributed by atoms with Crippen molar-refractivity contribution >= 4 is 23.7 Å². The maximum absolute atomic E-state index is 11.6. The molecule has 74 valence electrons. The Morgan fingerprint density at radius 1 is 1.29 bits per heavy atom. The zero-order chi connectivity index (χ0) is 10.6. The fourth-order valence-corrected chi connectivity index (χ4v) is 1.29. The fraction of sp³-hybridized carbons (Fsp3) is 0.200. The van der Waals surface area contributed by atoms with Crippen LogP contribution >= 0.6 is 12.6 Å². The van der Waals surface area contributed by atoms with Crippen molar-refractivity contribution in [3.63, 3.8) is 0 Å². The van der Waals surface area contributed by atoms with Gasteiger partial charge in [0.2, 0.25) is 5.12 Å². The van der Waals surface area contributed by atoms with Crippen molar-refractivity contribution in [1.82, 2.24) is 4.90 Å². The second-order valence-corrected chi connectivity index (χ2v) is 3.42. The molecule has 0 radical (unpaired) electrons. The Morgan fingerprint density at radius 2 is 1.86 bits per heavy atom. The molecule has 1 aromatic carbocycles. The Hall–Kier alpha value is -1.29. The van der Waals surface area contributed by atoms with Crippen LogP contribution in [0.4, 0.5) is 0 Å². The van der Waals surface area contributed by atoms with E-state index in [-0.39, 0.29) is 17.6 Å². The lowest BCUT2D eigenvalue weighted by Gasteiger charge is -2.14. The van der Waals surface area contributed by atoms with Gasteiger partial charge in [-0.25, -0.2) is 0 Å². The standard InChI is InChI=1S/C10H11NO2S/c1-11(7-9(12)14)10(13)8-5-3-2-4-6-8/h2-6H,7H2,1H3,(H,12,14). The molecule has 14 heavy (non-hydrogen) atoms. The maximum Gasteiger partial charge on any atom is 0.254 e. The molecule has 0 N–H and O–H groups in total. The molecule has 0 bridgehead atoms. The van der Waals surface area contributed by atoms with Crippen molar-refractivity contribution in [2.45, 2.75) is 0 Å². The highest BCUT2D eigenvalue weighted by atomic mass is 32.1. The number of benzene rings is 1. The number of likely N-dealkylation sites (N-methyl/N-ethyl adjacent to an activating group) is 1. The summed E-state index contributed by atoms with van der Waals surface area (Å²) in [6, 6.07) is 8.82. The van der Waals surface area contributed by atoms with Crippen molar-refractivity contribution in [1.29, 1.82) is 0 Å². The van der Waals surface area contributed by atoms with E-state index in [1.54, 1.807) is 31.3 Å². The molecule has 0 aromatic heterocycles. The Balaban J connectivity index is 2.71. The lowest BCUT2D eigenvalue weighted by Crippen LogP contribution is -2.30. The average Bonchev–Trinajstić information content (AvgIpc) is 2.17. The molecule has 0 saturated heterocycles. The summed E-state index contributed by atoms with van der Waals surface area (Å²) in [5.41, 5.74) is 0.574. The summed E-state index contributed by atoms with van der Waals surface area (Å²) in [5, 5.41) is -0.322. The van der Waals surface area contributed by atoms with E-state index in [0.29, 0.717) is 5.56 Å². The van der Waals surface area contributed by atoms with Gasteiger partial charge < -0.3 is 4.90 Å². The average molecular weight is 209 g/mol. The first-order chi connectivity index (χ1) is 6.61. The normalized spacial score (nSPS) is 9.57.